The van der Waals surface area contributed by atoms with E-state index in [1.165, 1.54) is 0 Å². The predicted molar refractivity (Wildman–Crippen MR) is 78.0 cm³/mol. The van der Waals surface area contributed by atoms with Gasteiger partial charge in [0.15, 0.2) is 10.4 Å². The Balaban J connectivity index is 1.64. The van der Waals surface area contributed by atoms with Crippen LogP contribution >= 0.6 is 15.9 Å². The summed E-state index contributed by atoms with van der Waals surface area (Å²) in [6, 6.07) is 5.45. The molecule has 21 heavy (non-hydrogen) atoms. The average molecular weight is 352 g/mol. The van der Waals surface area contributed by atoms with Crippen LogP contribution < -0.4 is 4.74 Å². The van der Waals surface area contributed by atoms with Gasteiger partial charge < -0.3 is 14.1 Å². The van der Waals surface area contributed by atoms with Crippen molar-refractivity contribution >= 4 is 21.8 Å². The summed E-state index contributed by atoms with van der Waals surface area (Å²) >= 11 is 3.20. The lowest BCUT2D eigenvalue weighted by Crippen LogP contribution is -2.44. The van der Waals surface area contributed by atoms with E-state index in [9.17, 15) is 4.79 Å². The maximum absolute atomic E-state index is 12.3. The summed E-state index contributed by atoms with van der Waals surface area (Å²) in [6.45, 7) is 1.21. The van der Waals surface area contributed by atoms with Crippen LogP contribution in [0.2, 0.25) is 0 Å². The zero-order valence-electron chi connectivity index (χ0n) is 11.2. The fourth-order valence-corrected chi connectivity index (χ4v) is 2.61. The summed E-state index contributed by atoms with van der Waals surface area (Å²) in [7, 11) is 0. The lowest BCUT2D eigenvalue weighted by atomic mass is 10.1. The zero-order chi connectivity index (χ0) is 14.7. The number of amides is 1. The molecule has 2 aromatic rings. The van der Waals surface area contributed by atoms with Gasteiger partial charge in [-0.05, 0) is 47.0 Å². The van der Waals surface area contributed by atoms with Crippen LogP contribution in [0.25, 0.3) is 0 Å². The number of carbonyl (C=O) groups excluding carboxylic acids is 1. The van der Waals surface area contributed by atoms with Gasteiger partial charge in [-0.25, -0.2) is 9.97 Å². The molecule has 1 aliphatic rings. The number of carbonyl (C=O) groups is 1. The zero-order valence-corrected chi connectivity index (χ0v) is 12.8. The maximum atomic E-state index is 12.3. The van der Waals surface area contributed by atoms with E-state index in [1.54, 1.807) is 35.5 Å². The van der Waals surface area contributed by atoms with E-state index >= 15 is 0 Å². The molecule has 7 heteroatoms. The third-order valence-corrected chi connectivity index (χ3v) is 3.69. The number of halogens is 1. The van der Waals surface area contributed by atoms with Gasteiger partial charge in [-0.15, -0.1) is 0 Å². The minimum absolute atomic E-state index is 0.0940. The van der Waals surface area contributed by atoms with Gasteiger partial charge in [0.1, 0.15) is 6.10 Å². The van der Waals surface area contributed by atoms with Gasteiger partial charge in [0, 0.05) is 18.9 Å². The van der Waals surface area contributed by atoms with Gasteiger partial charge in [-0.3, -0.25) is 4.79 Å². The molecule has 0 bridgehead atoms. The Morgan fingerprint density at radius 3 is 2.90 bits per heavy atom. The van der Waals surface area contributed by atoms with Crippen molar-refractivity contribution in [1.82, 2.24) is 14.9 Å². The minimum atomic E-state index is -0.122. The number of hydrogen-bond donors (Lipinski definition) is 0. The van der Waals surface area contributed by atoms with E-state index in [0.717, 1.165) is 12.8 Å². The highest BCUT2D eigenvalue weighted by atomic mass is 79.9. The first-order chi connectivity index (χ1) is 10.2. The molecule has 1 fully saturated rings. The van der Waals surface area contributed by atoms with Crippen molar-refractivity contribution in [2.24, 2.45) is 0 Å². The molecule has 0 radical (unpaired) electrons. The molecular weight excluding hydrogens is 338 g/mol. The molecule has 6 nitrogen and oxygen atoms in total. The summed E-state index contributed by atoms with van der Waals surface area (Å²) in [5.74, 6) is 0.210. The molecule has 1 saturated heterocycles. The Bertz CT molecular complexity index is 617. The predicted octanol–water partition coefficient (Wildman–Crippen LogP) is 2.52. The Morgan fingerprint density at radius 2 is 2.19 bits per heavy atom. The summed E-state index contributed by atoms with van der Waals surface area (Å²) in [5.41, 5.74) is 0. The summed E-state index contributed by atoms with van der Waals surface area (Å²) < 4.78 is 11.6. The first-order valence-corrected chi connectivity index (χ1v) is 7.50. The largest absolute Gasteiger partial charge is 0.458 e. The first kappa shape index (κ1) is 14.1. The van der Waals surface area contributed by atoms with Crippen molar-refractivity contribution in [3.05, 3.63) is 41.0 Å². The number of nitrogens with zero attached hydrogens (tertiary/aromatic N) is 3. The number of aromatic nitrogens is 2. The second-order valence-electron chi connectivity index (χ2n) is 4.77. The molecule has 1 unspecified atom stereocenters. The van der Waals surface area contributed by atoms with Gasteiger partial charge in [0.05, 0.1) is 6.54 Å². The molecule has 0 aromatic carbocycles. The fraction of sp³-hybridized carbons (Fsp3) is 0.357. The smallest absolute Gasteiger partial charge is 0.316 e. The quantitative estimate of drug-likeness (QED) is 0.849. The van der Waals surface area contributed by atoms with Crippen LogP contribution in [0.1, 0.15) is 23.4 Å². The van der Waals surface area contributed by atoms with Crippen LogP contribution in [0.5, 0.6) is 6.01 Å². The highest BCUT2D eigenvalue weighted by molar-refractivity contribution is 9.10. The van der Waals surface area contributed by atoms with Gasteiger partial charge in [0.2, 0.25) is 0 Å². The van der Waals surface area contributed by atoms with Crippen LogP contribution in [-0.4, -0.2) is 40.0 Å². The molecule has 110 valence electrons. The Labute approximate surface area is 130 Å². The van der Waals surface area contributed by atoms with Crippen molar-refractivity contribution in [3.63, 3.8) is 0 Å². The van der Waals surface area contributed by atoms with Crippen molar-refractivity contribution in [1.29, 1.82) is 0 Å². The third-order valence-electron chi connectivity index (χ3n) is 3.26. The SMILES string of the molecule is O=C(c1ccc(Br)o1)N1CCCC(Oc2ncccn2)C1. The third kappa shape index (κ3) is 3.41. The molecule has 0 saturated carbocycles. The van der Waals surface area contributed by atoms with Crippen LogP contribution in [0, 0.1) is 0 Å². The lowest BCUT2D eigenvalue weighted by Gasteiger charge is -2.31. The van der Waals surface area contributed by atoms with Crippen LogP contribution in [-0.2, 0) is 0 Å². The number of furan rings is 1. The maximum Gasteiger partial charge on any atom is 0.316 e. The first-order valence-electron chi connectivity index (χ1n) is 6.70. The topological polar surface area (TPSA) is 68.5 Å². The Hall–Kier alpha value is -1.89. The molecule has 0 N–H and O–H groups in total. The van der Waals surface area contributed by atoms with Gasteiger partial charge in [-0.1, -0.05) is 0 Å². The van der Waals surface area contributed by atoms with Crippen LogP contribution in [0.3, 0.4) is 0 Å². The number of ether oxygens (including phenoxy) is 1. The summed E-state index contributed by atoms with van der Waals surface area (Å²) in [5, 5.41) is 0. The summed E-state index contributed by atoms with van der Waals surface area (Å²) in [4.78, 5) is 22.2. The molecule has 3 heterocycles. The molecule has 1 aliphatic heterocycles. The molecular formula is C14H14BrN3O3. The van der Waals surface area contributed by atoms with E-state index in [2.05, 4.69) is 25.9 Å². The van der Waals surface area contributed by atoms with Gasteiger partial charge >= 0.3 is 6.01 Å². The molecule has 0 spiro atoms. The number of hydrogen-bond acceptors (Lipinski definition) is 5. The van der Waals surface area contributed by atoms with E-state index in [-0.39, 0.29) is 12.0 Å². The molecule has 1 atom stereocenters. The second kappa shape index (κ2) is 6.26. The number of piperidine rings is 1. The van der Waals surface area contributed by atoms with E-state index < -0.39 is 0 Å². The highest BCUT2D eigenvalue weighted by Crippen LogP contribution is 2.20. The number of rotatable bonds is 3. The Morgan fingerprint density at radius 1 is 1.38 bits per heavy atom. The lowest BCUT2D eigenvalue weighted by molar-refractivity contribution is 0.0488. The highest BCUT2D eigenvalue weighted by Gasteiger charge is 2.27. The normalized spacial score (nSPS) is 18.5. The monoisotopic (exact) mass is 351 g/mol. The standard InChI is InChI=1S/C14H14BrN3O3/c15-12-5-4-11(21-12)13(19)18-8-1-3-10(9-18)20-14-16-6-2-7-17-14/h2,4-7,10H,1,3,8-9H2. The Kier molecular flexibility index (Phi) is 4.19. The van der Waals surface area contributed by atoms with E-state index in [0.29, 0.717) is 29.5 Å². The number of likely N-dealkylation sites (tertiary alicyclic amines) is 1. The average Bonchev–Trinajstić information content (AvgIpc) is 2.94. The van der Waals surface area contributed by atoms with Crippen molar-refractivity contribution in [2.45, 2.75) is 18.9 Å². The van der Waals surface area contributed by atoms with Crippen molar-refractivity contribution in [3.8, 4) is 6.01 Å². The van der Waals surface area contributed by atoms with Crippen molar-refractivity contribution in [2.75, 3.05) is 13.1 Å². The fourth-order valence-electron chi connectivity index (χ4n) is 2.30. The minimum Gasteiger partial charge on any atom is -0.458 e. The van der Waals surface area contributed by atoms with Crippen molar-refractivity contribution < 1.29 is 13.9 Å². The molecule has 3 rings (SSSR count). The molecule has 0 aliphatic carbocycles. The van der Waals surface area contributed by atoms with Crippen LogP contribution in [0.15, 0.2) is 39.7 Å². The van der Waals surface area contributed by atoms with Crippen LogP contribution in [0.4, 0.5) is 0 Å². The summed E-state index contributed by atoms with van der Waals surface area (Å²) in [6.07, 6.45) is 4.93. The van der Waals surface area contributed by atoms with E-state index in [1.807, 2.05) is 0 Å². The molecule has 1 amide bonds. The van der Waals surface area contributed by atoms with Gasteiger partial charge in [-0.2, -0.15) is 0 Å². The second-order valence-corrected chi connectivity index (χ2v) is 5.55. The molecule has 2 aromatic heterocycles. The van der Waals surface area contributed by atoms with E-state index in [4.69, 9.17) is 9.15 Å². The van der Waals surface area contributed by atoms with Gasteiger partial charge in [0.25, 0.3) is 5.91 Å².